The van der Waals surface area contributed by atoms with Crippen LogP contribution in [0.15, 0.2) is 59.3 Å². The molecular formula is C23H21BrN4O. The maximum Gasteiger partial charge on any atom is 0.150 e. The third-order valence-electron chi connectivity index (χ3n) is 5.31. The standard InChI is InChI=1S/C23H21BrN4O/c1-15-5-4-6-21(27-15)23-19(14-26-28(23)22-7-2-3-10-29-22)16-8-9-20-17(11-16)12-18(24)13-25-20/h4-6,8-9,11-14,22H,2-3,7,10H2,1H3. The smallest absolute Gasteiger partial charge is 0.150 e. The summed E-state index contributed by atoms with van der Waals surface area (Å²) in [6.07, 6.45) is 6.93. The number of hydrogen-bond donors (Lipinski definition) is 0. The van der Waals surface area contributed by atoms with Crippen LogP contribution in [0.2, 0.25) is 0 Å². The number of benzene rings is 1. The van der Waals surface area contributed by atoms with Crippen LogP contribution in [-0.2, 0) is 4.74 Å². The molecule has 0 bridgehead atoms. The van der Waals surface area contributed by atoms with Gasteiger partial charge < -0.3 is 4.74 Å². The van der Waals surface area contributed by atoms with Crippen molar-refractivity contribution in [1.29, 1.82) is 0 Å². The highest BCUT2D eigenvalue weighted by Crippen LogP contribution is 2.36. The zero-order valence-electron chi connectivity index (χ0n) is 16.2. The van der Waals surface area contributed by atoms with E-state index in [2.05, 4.69) is 45.2 Å². The number of pyridine rings is 2. The van der Waals surface area contributed by atoms with E-state index in [4.69, 9.17) is 14.8 Å². The van der Waals surface area contributed by atoms with E-state index >= 15 is 0 Å². The molecule has 1 unspecified atom stereocenters. The van der Waals surface area contributed by atoms with Crippen molar-refractivity contribution in [3.05, 3.63) is 65.0 Å². The van der Waals surface area contributed by atoms with Crippen molar-refractivity contribution in [2.75, 3.05) is 6.61 Å². The van der Waals surface area contributed by atoms with Crippen molar-refractivity contribution >= 4 is 26.8 Å². The van der Waals surface area contributed by atoms with Gasteiger partial charge in [0.1, 0.15) is 0 Å². The van der Waals surface area contributed by atoms with E-state index in [9.17, 15) is 0 Å². The lowest BCUT2D eigenvalue weighted by Crippen LogP contribution is -2.20. The number of aromatic nitrogens is 4. The number of halogens is 1. The van der Waals surface area contributed by atoms with Crippen LogP contribution in [0.25, 0.3) is 33.4 Å². The molecule has 1 atom stereocenters. The van der Waals surface area contributed by atoms with Crippen molar-refractivity contribution in [3.8, 4) is 22.5 Å². The summed E-state index contributed by atoms with van der Waals surface area (Å²) >= 11 is 3.52. The molecule has 0 spiro atoms. The second kappa shape index (κ2) is 7.69. The molecule has 4 heterocycles. The molecule has 1 aliphatic heterocycles. The number of aryl methyl sites for hydroxylation is 1. The Hall–Kier alpha value is -2.57. The van der Waals surface area contributed by atoms with Crippen LogP contribution in [0.1, 0.15) is 31.2 Å². The Morgan fingerprint density at radius 1 is 1.10 bits per heavy atom. The molecule has 1 aromatic carbocycles. The molecule has 3 aromatic heterocycles. The van der Waals surface area contributed by atoms with E-state index in [0.717, 1.165) is 69.5 Å². The third-order valence-corrected chi connectivity index (χ3v) is 5.75. The summed E-state index contributed by atoms with van der Waals surface area (Å²) in [5.74, 6) is 0. The van der Waals surface area contributed by atoms with Gasteiger partial charge in [-0.1, -0.05) is 12.1 Å². The van der Waals surface area contributed by atoms with E-state index in [1.807, 2.05) is 42.2 Å². The monoisotopic (exact) mass is 448 g/mol. The number of ether oxygens (including phenoxy) is 1. The van der Waals surface area contributed by atoms with Crippen molar-refractivity contribution in [2.45, 2.75) is 32.4 Å². The van der Waals surface area contributed by atoms with Crippen LogP contribution in [0, 0.1) is 6.92 Å². The predicted octanol–water partition coefficient (Wildman–Crippen LogP) is 5.93. The fraction of sp³-hybridized carbons (Fsp3) is 0.261. The molecule has 5 rings (SSSR count). The molecule has 0 amide bonds. The average Bonchev–Trinajstić information content (AvgIpc) is 3.19. The van der Waals surface area contributed by atoms with Gasteiger partial charge in [0.25, 0.3) is 0 Å². The average molecular weight is 449 g/mol. The number of rotatable bonds is 3. The van der Waals surface area contributed by atoms with Gasteiger partial charge in [0.2, 0.25) is 0 Å². The quantitative estimate of drug-likeness (QED) is 0.389. The molecular weight excluding hydrogens is 428 g/mol. The molecule has 6 heteroatoms. The first-order chi connectivity index (χ1) is 14.2. The van der Waals surface area contributed by atoms with Crippen molar-refractivity contribution in [3.63, 3.8) is 0 Å². The normalized spacial score (nSPS) is 17.0. The number of nitrogens with zero attached hydrogens (tertiary/aromatic N) is 4. The fourth-order valence-electron chi connectivity index (χ4n) is 3.91. The van der Waals surface area contributed by atoms with Crippen molar-refractivity contribution < 1.29 is 4.74 Å². The minimum atomic E-state index is -0.0499. The Bertz CT molecular complexity index is 1180. The van der Waals surface area contributed by atoms with E-state index in [0.29, 0.717) is 0 Å². The molecule has 4 aromatic rings. The topological polar surface area (TPSA) is 52.8 Å². The zero-order valence-corrected chi connectivity index (χ0v) is 17.8. The molecule has 1 aliphatic rings. The van der Waals surface area contributed by atoms with Gasteiger partial charge in [-0.05, 0) is 78.0 Å². The van der Waals surface area contributed by atoms with Gasteiger partial charge >= 0.3 is 0 Å². The van der Waals surface area contributed by atoms with Gasteiger partial charge in [-0.2, -0.15) is 5.10 Å². The first-order valence-electron chi connectivity index (χ1n) is 9.88. The van der Waals surface area contributed by atoms with E-state index < -0.39 is 0 Å². The summed E-state index contributed by atoms with van der Waals surface area (Å²) in [7, 11) is 0. The van der Waals surface area contributed by atoms with Crippen LogP contribution < -0.4 is 0 Å². The minimum absolute atomic E-state index is 0.0499. The third kappa shape index (κ3) is 3.58. The zero-order chi connectivity index (χ0) is 19.8. The van der Waals surface area contributed by atoms with Gasteiger partial charge in [0.15, 0.2) is 6.23 Å². The summed E-state index contributed by atoms with van der Waals surface area (Å²) < 4.78 is 9.03. The minimum Gasteiger partial charge on any atom is -0.356 e. The summed E-state index contributed by atoms with van der Waals surface area (Å²) in [6.45, 7) is 2.79. The van der Waals surface area contributed by atoms with Crippen molar-refractivity contribution in [1.82, 2.24) is 19.7 Å². The molecule has 0 saturated carbocycles. The van der Waals surface area contributed by atoms with Gasteiger partial charge in [-0.3, -0.25) is 9.97 Å². The number of fused-ring (bicyclic) bond motifs is 1. The molecule has 1 fully saturated rings. The van der Waals surface area contributed by atoms with Crippen LogP contribution in [0.4, 0.5) is 0 Å². The largest absolute Gasteiger partial charge is 0.356 e. The molecule has 1 saturated heterocycles. The van der Waals surface area contributed by atoms with E-state index in [1.54, 1.807) is 0 Å². The SMILES string of the molecule is Cc1cccc(-c2c(-c3ccc4ncc(Br)cc4c3)cnn2C2CCCCO2)n1. The molecule has 0 radical (unpaired) electrons. The van der Waals surface area contributed by atoms with E-state index in [-0.39, 0.29) is 6.23 Å². The Kier molecular flexibility index (Phi) is 4.89. The Morgan fingerprint density at radius 3 is 2.86 bits per heavy atom. The van der Waals surface area contributed by atoms with Crippen molar-refractivity contribution in [2.24, 2.45) is 0 Å². The van der Waals surface area contributed by atoms with Crippen LogP contribution in [0.5, 0.6) is 0 Å². The maximum absolute atomic E-state index is 6.05. The second-order valence-corrected chi connectivity index (χ2v) is 8.31. The summed E-state index contributed by atoms with van der Waals surface area (Å²) in [5.41, 5.74) is 6.02. The maximum atomic E-state index is 6.05. The van der Waals surface area contributed by atoms with Gasteiger partial charge in [0, 0.05) is 33.9 Å². The predicted molar refractivity (Wildman–Crippen MR) is 117 cm³/mol. The molecule has 29 heavy (non-hydrogen) atoms. The lowest BCUT2D eigenvalue weighted by Gasteiger charge is -2.24. The summed E-state index contributed by atoms with van der Waals surface area (Å²) in [6, 6.07) is 14.5. The van der Waals surface area contributed by atoms with Crippen LogP contribution in [0.3, 0.4) is 0 Å². The van der Waals surface area contributed by atoms with Gasteiger partial charge in [-0.25, -0.2) is 4.68 Å². The lowest BCUT2D eigenvalue weighted by molar-refractivity contribution is -0.0383. The lowest BCUT2D eigenvalue weighted by atomic mass is 10.0. The fourth-order valence-corrected chi connectivity index (χ4v) is 4.26. The molecule has 0 aliphatic carbocycles. The summed E-state index contributed by atoms with van der Waals surface area (Å²) in [4.78, 5) is 9.28. The Balaban J connectivity index is 1.69. The van der Waals surface area contributed by atoms with Gasteiger partial charge in [-0.15, -0.1) is 0 Å². The van der Waals surface area contributed by atoms with Gasteiger partial charge in [0.05, 0.1) is 23.1 Å². The summed E-state index contributed by atoms with van der Waals surface area (Å²) in [5, 5.41) is 5.83. The first kappa shape index (κ1) is 18.5. The Labute approximate surface area is 177 Å². The first-order valence-corrected chi connectivity index (χ1v) is 10.7. The molecule has 146 valence electrons. The van der Waals surface area contributed by atoms with Crippen LogP contribution >= 0.6 is 15.9 Å². The Morgan fingerprint density at radius 2 is 2.03 bits per heavy atom. The highest BCUT2D eigenvalue weighted by molar-refractivity contribution is 9.10. The highest BCUT2D eigenvalue weighted by atomic mass is 79.9. The molecule has 5 nitrogen and oxygen atoms in total. The molecule has 0 N–H and O–H groups in total. The van der Waals surface area contributed by atoms with Crippen LogP contribution in [-0.4, -0.2) is 26.4 Å². The van der Waals surface area contributed by atoms with E-state index in [1.165, 1.54) is 0 Å². The second-order valence-electron chi connectivity index (χ2n) is 7.40. The number of hydrogen-bond acceptors (Lipinski definition) is 4. The highest BCUT2D eigenvalue weighted by Gasteiger charge is 2.24.